The maximum absolute atomic E-state index is 12.8. The Morgan fingerprint density at radius 2 is 1.88 bits per heavy atom. The summed E-state index contributed by atoms with van der Waals surface area (Å²) in [5.41, 5.74) is -0.270. The smallest absolute Gasteiger partial charge is 0.307 e. The summed E-state index contributed by atoms with van der Waals surface area (Å²) >= 11 is 0. The van der Waals surface area contributed by atoms with Gasteiger partial charge in [-0.05, 0) is 17.7 Å². The van der Waals surface area contributed by atoms with Crippen LogP contribution in [0, 0.1) is 0 Å². The molecule has 0 fully saturated rings. The minimum absolute atomic E-state index is 0.0525. The van der Waals surface area contributed by atoms with Crippen molar-refractivity contribution in [3.05, 3.63) is 23.3 Å². The summed E-state index contributed by atoms with van der Waals surface area (Å²) < 4.78 is 35.9. The first kappa shape index (κ1) is 11.6. The molecule has 0 aliphatic carbocycles. The summed E-state index contributed by atoms with van der Waals surface area (Å²) in [6.45, 7) is 0.626. The van der Waals surface area contributed by atoms with Crippen molar-refractivity contribution in [2.75, 3.05) is 13.2 Å². The summed E-state index contributed by atoms with van der Waals surface area (Å²) in [5, 5.41) is 8.66. The van der Waals surface area contributed by atoms with E-state index in [1.807, 2.05) is 0 Å². The average Bonchev–Trinajstić information content (AvgIpc) is 2.27. The Labute approximate surface area is 95.8 Å². The highest BCUT2D eigenvalue weighted by molar-refractivity contribution is 5.71. The van der Waals surface area contributed by atoms with Gasteiger partial charge in [0.1, 0.15) is 13.2 Å². The number of carbonyl (C=O) groups is 1. The fourth-order valence-corrected chi connectivity index (χ4v) is 1.67. The number of hydrogen-bond donors (Lipinski definition) is 1. The Hall–Kier alpha value is -1.85. The SMILES string of the molecule is O=C(O)Cc1cc2c(cc1C(F)F)OCCO2. The van der Waals surface area contributed by atoms with Gasteiger partial charge in [-0.3, -0.25) is 4.79 Å². The molecular weight excluding hydrogens is 234 g/mol. The van der Waals surface area contributed by atoms with E-state index in [-0.39, 0.29) is 16.9 Å². The van der Waals surface area contributed by atoms with Gasteiger partial charge in [0.25, 0.3) is 6.43 Å². The molecule has 0 saturated carbocycles. The molecule has 0 saturated heterocycles. The zero-order valence-electron chi connectivity index (χ0n) is 8.78. The lowest BCUT2D eigenvalue weighted by Crippen LogP contribution is -2.16. The summed E-state index contributed by atoms with van der Waals surface area (Å²) in [6, 6.07) is 2.46. The van der Waals surface area contributed by atoms with Crippen LogP contribution in [0.25, 0.3) is 0 Å². The van der Waals surface area contributed by atoms with Gasteiger partial charge < -0.3 is 14.6 Å². The number of carboxylic acids is 1. The van der Waals surface area contributed by atoms with Crippen molar-refractivity contribution in [2.45, 2.75) is 12.8 Å². The maximum Gasteiger partial charge on any atom is 0.307 e. The zero-order chi connectivity index (χ0) is 12.4. The van der Waals surface area contributed by atoms with E-state index in [1.54, 1.807) is 0 Å². The number of alkyl halides is 2. The zero-order valence-corrected chi connectivity index (χ0v) is 8.78. The van der Waals surface area contributed by atoms with Crippen LogP contribution in [0.5, 0.6) is 11.5 Å². The first-order chi connectivity index (χ1) is 8.08. The van der Waals surface area contributed by atoms with Gasteiger partial charge in [0.2, 0.25) is 0 Å². The molecular formula is C11H10F2O4. The second-order valence-corrected chi connectivity index (χ2v) is 3.57. The number of halogens is 2. The van der Waals surface area contributed by atoms with Crippen molar-refractivity contribution in [3.8, 4) is 11.5 Å². The molecule has 92 valence electrons. The molecule has 1 heterocycles. The van der Waals surface area contributed by atoms with Crippen LogP contribution >= 0.6 is 0 Å². The standard InChI is InChI=1S/C11H10F2O4/c12-11(13)7-5-9-8(16-1-2-17-9)3-6(7)4-10(14)15/h3,5,11H,1-2,4H2,(H,14,15). The minimum atomic E-state index is -2.74. The lowest BCUT2D eigenvalue weighted by Gasteiger charge is -2.20. The van der Waals surface area contributed by atoms with Crippen LogP contribution in [0.3, 0.4) is 0 Å². The van der Waals surface area contributed by atoms with E-state index >= 15 is 0 Å². The molecule has 6 heteroatoms. The van der Waals surface area contributed by atoms with E-state index in [1.165, 1.54) is 6.07 Å². The molecule has 0 amide bonds. The molecule has 0 spiro atoms. The first-order valence-corrected chi connectivity index (χ1v) is 5.00. The van der Waals surface area contributed by atoms with E-state index in [2.05, 4.69) is 0 Å². The van der Waals surface area contributed by atoms with Crippen LogP contribution < -0.4 is 9.47 Å². The third-order valence-electron chi connectivity index (χ3n) is 2.38. The molecule has 1 aromatic rings. The lowest BCUT2D eigenvalue weighted by molar-refractivity contribution is -0.136. The molecule has 17 heavy (non-hydrogen) atoms. The summed E-state index contributed by atoms with van der Waals surface area (Å²) in [7, 11) is 0. The van der Waals surface area contributed by atoms with Gasteiger partial charge in [-0.25, -0.2) is 8.78 Å². The molecule has 1 aromatic carbocycles. The molecule has 1 aliphatic rings. The number of carboxylic acid groups (broad SMARTS) is 1. The van der Waals surface area contributed by atoms with E-state index < -0.39 is 18.8 Å². The molecule has 0 atom stereocenters. The fourth-order valence-electron chi connectivity index (χ4n) is 1.67. The van der Waals surface area contributed by atoms with Crippen molar-refractivity contribution in [2.24, 2.45) is 0 Å². The average molecular weight is 244 g/mol. The molecule has 1 N–H and O–H groups in total. The molecule has 0 aromatic heterocycles. The van der Waals surface area contributed by atoms with Gasteiger partial charge in [0.05, 0.1) is 6.42 Å². The van der Waals surface area contributed by atoms with Crippen molar-refractivity contribution in [1.29, 1.82) is 0 Å². The maximum atomic E-state index is 12.8. The Bertz CT molecular complexity index is 445. The highest BCUT2D eigenvalue weighted by Gasteiger charge is 2.21. The molecule has 1 aliphatic heterocycles. The topological polar surface area (TPSA) is 55.8 Å². The third-order valence-corrected chi connectivity index (χ3v) is 2.38. The fraction of sp³-hybridized carbons (Fsp3) is 0.364. The van der Waals surface area contributed by atoms with Crippen molar-refractivity contribution in [3.63, 3.8) is 0 Å². The Kier molecular flexibility index (Phi) is 3.12. The van der Waals surface area contributed by atoms with Gasteiger partial charge in [0, 0.05) is 5.56 Å². The van der Waals surface area contributed by atoms with Crippen molar-refractivity contribution >= 4 is 5.97 Å². The monoisotopic (exact) mass is 244 g/mol. The summed E-state index contributed by atoms with van der Waals surface area (Å²) in [4.78, 5) is 10.6. The number of aliphatic carboxylic acids is 1. The number of hydrogen-bond acceptors (Lipinski definition) is 3. The van der Waals surface area contributed by atoms with Gasteiger partial charge in [-0.2, -0.15) is 0 Å². The quantitative estimate of drug-likeness (QED) is 0.883. The minimum Gasteiger partial charge on any atom is -0.486 e. The summed E-state index contributed by atoms with van der Waals surface area (Å²) in [5.74, 6) is -0.610. The summed E-state index contributed by atoms with van der Waals surface area (Å²) in [6.07, 6.45) is -3.20. The van der Waals surface area contributed by atoms with Gasteiger partial charge in [-0.15, -0.1) is 0 Å². The van der Waals surface area contributed by atoms with Crippen molar-refractivity contribution in [1.82, 2.24) is 0 Å². The second kappa shape index (κ2) is 4.57. The predicted molar refractivity (Wildman–Crippen MR) is 53.7 cm³/mol. The Morgan fingerprint density at radius 1 is 1.29 bits per heavy atom. The molecule has 0 unspecified atom stereocenters. The van der Waals surface area contributed by atoms with Gasteiger partial charge in [0.15, 0.2) is 11.5 Å². The number of ether oxygens (including phenoxy) is 2. The van der Waals surface area contributed by atoms with E-state index in [0.717, 1.165) is 6.07 Å². The van der Waals surface area contributed by atoms with Crippen LogP contribution in [0.4, 0.5) is 8.78 Å². The third kappa shape index (κ3) is 2.46. The lowest BCUT2D eigenvalue weighted by atomic mass is 10.0. The van der Waals surface area contributed by atoms with Crippen LogP contribution in [0.15, 0.2) is 12.1 Å². The van der Waals surface area contributed by atoms with Crippen LogP contribution in [-0.2, 0) is 11.2 Å². The second-order valence-electron chi connectivity index (χ2n) is 3.57. The van der Waals surface area contributed by atoms with Gasteiger partial charge >= 0.3 is 5.97 Å². The van der Waals surface area contributed by atoms with E-state index in [0.29, 0.717) is 19.0 Å². The van der Waals surface area contributed by atoms with Gasteiger partial charge in [-0.1, -0.05) is 0 Å². The number of rotatable bonds is 3. The Balaban J connectivity index is 2.44. The predicted octanol–water partition coefficient (Wildman–Crippen LogP) is 2.02. The van der Waals surface area contributed by atoms with Crippen LogP contribution in [-0.4, -0.2) is 24.3 Å². The molecule has 0 radical (unpaired) electrons. The molecule has 2 rings (SSSR count). The molecule has 0 bridgehead atoms. The molecule has 4 nitrogen and oxygen atoms in total. The normalized spacial score (nSPS) is 13.8. The first-order valence-electron chi connectivity index (χ1n) is 5.00. The van der Waals surface area contributed by atoms with Crippen LogP contribution in [0.1, 0.15) is 17.6 Å². The van der Waals surface area contributed by atoms with Crippen LogP contribution in [0.2, 0.25) is 0 Å². The van der Waals surface area contributed by atoms with E-state index in [9.17, 15) is 13.6 Å². The number of benzene rings is 1. The number of fused-ring (bicyclic) bond motifs is 1. The highest BCUT2D eigenvalue weighted by Crippen LogP contribution is 2.37. The largest absolute Gasteiger partial charge is 0.486 e. The van der Waals surface area contributed by atoms with E-state index in [4.69, 9.17) is 14.6 Å². The Morgan fingerprint density at radius 3 is 2.41 bits per heavy atom. The van der Waals surface area contributed by atoms with Crippen molar-refractivity contribution < 1.29 is 28.2 Å². The highest BCUT2D eigenvalue weighted by atomic mass is 19.3.